The van der Waals surface area contributed by atoms with Crippen molar-refractivity contribution in [3.63, 3.8) is 0 Å². The summed E-state index contributed by atoms with van der Waals surface area (Å²) in [4.78, 5) is 23.0. The van der Waals surface area contributed by atoms with Gasteiger partial charge in [-0.2, -0.15) is 0 Å². The van der Waals surface area contributed by atoms with Crippen LogP contribution in [-0.2, 0) is 9.59 Å². The molecule has 0 aromatic heterocycles. The quantitative estimate of drug-likeness (QED) is 0.873. The third-order valence-electron chi connectivity index (χ3n) is 2.89. The zero-order valence-electron chi connectivity index (χ0n) is 11.2. The fraction of sp³-hybridized carbons (Fsp3) is 0.429. The lowest BCUT2D eigenvalue weighted by Gasteiger charge is -2.22. The van der Waals surface area contributed by atoms with Gasteiger partial charge in [0.05, 0.1) is 5.92 Å². The van der Waals surface area contributed by atoms with Crippen molar-refractivity contribution in [2.45, 2.75) is 32.7 Å². The minimum Gasteiger partial charge on any atom is -0.480 e. The van der Waals surface area contributed by atoms with Gasteiger partial charge < -0.3 is 10.4 Å². The maximum atomic E-state index is 12.2. The van der Waals surface area contributed by atoms with Gasteiger partial charge in [0.2, 0.25) is 5.91 Å². The number of amides is 1. The first-order valence-electron chi connectivity index (χ1n) is 6.11. The summed E-state index contributed by atoms with van der Waals surface area (Å²) in [6.45, 7) is 5.27. The molecule has 2 atom stereocenters. The van der Waals surface area contributed by atoms with Crippen LogP contribution in [0.1, 0.15) is 32.3 Å². The van der Waals surface area contributed by atoms with E-state index in [0.29, 0.717) is 5.02 Å². The summed E-state index contributed by atoms with van der Waals surface area (Å²) < 4.78 is 0. The number of halogens is 1. The molecule has 104 valence electrons. The van der Waals surface area contributed by atoms with Gasteiger partial charge in [-0.15, -0.1) is 0 Å². The largest absolute Gasteiger partial charge is 0.480 e. The molecule has 4 nitrogen and oxygen atoms in total. The third kappa shape index (κ3) is 4.24. The third-order valence-corrected chi connectivity index (χ3v) is 3.12. The van der Waals surface area contributed by atoms with Gasteiger partial charge >= 0.3 is 5.97 Å². The summed E-state index contributed by atoms with van der Waals surface area (Å²) in [5.74, 6) is -1.73. The molecule has 0 aliphatic heterocycles. The van der Waals surface area contributed by atoms with Crippen LogP contribution in [-0.4, -0.2) is 23.0 Å². The van der Waals surface area contributed by atoms with Crippen molar-refractivity contribution in [3.05, 3.63) is 34.9 Å². The first kappa shape index (κ1) is 15.5. The summed E-state index contributed by atoms with van der Waals surface area (Å²) >= 11 is 5.93. The second-order valence-electron chi connectivity index (χ2n) is 4.85. The Kier molecular flexibility index (Phi) is 5.36. The van der Waals surface area contributed by atoms with Gasteiger partial charge in [0.15, 0.2) is 0 Å². The van der Waals surface area contributed by atoms with E-state index >= 15 is 0 Å². The van der Waals surface area contributed by atoms with Crippen LogP contribution >= 0.6 is 11.6 Å². The number of carbonyl (C=O) groups is 2. The van der Waals surface area contributed by atoms with Crippen LogP contribution < -0.4 is 5.32 Å². The van der Waals surface area contributed by atoms with Gasteiger partial charge in [-0.3, -0.25) is 9.59 Å². The molecule has 1 rings (SSSR count). The molecule has 2 N–H and O–H groups in total. The minimum atomic E-state index is -1.05. The number of carboxylic acids is 1. The van der Waals surface area contributed by atoms with Gasteiger partial charge in [-0.1, -0.05) is 37.6 Å². The maximum absolute atomic E-state index is 12.2. The Labute approximate surface area is 117 Å². The fourth-order valence-electron chi connectivity index (χ4n) is 1.90. The summed E-state index contributed by atoms with van der Waals surface area (Å²) in [6.07, 6.45) is 0. The van der Waals surface area contributed by atoms with Crippen LogP contribution in [0.3, 0.4) is 0 Å². The van der Waals surface area contributed by atoms with Crippen molar-refractivity contribution in [2.24, 2.45) is 5.92 Å². The van der Waals surface area contributed by atoms with Gasteiger partial charge in [-0.05, 0) is 30.5 Å². The van der Waals surface area contributed by atoms with E-state index in [9.17, 15) is 9.59 Å². The van der Waals surface area contributed by atoms with Gasteiger partial charge in [0.1, 0.15) is 6.04 Å². The second-order valence-corrected chi connectivity index (χ2v) is 5.28. The molecule has 1 unspecified atom stereocenters. The molecule has 0 saturated carbocycles. The van der Waals surface area contributed by atoms with Gasteiger partial charge in [0.25, 0.3) is 0 Å². The molecule has 0 bridgehead atoms. The number of rotatable bonds is 5. The highest BCUT2D eigenvalue weighted by Gasteiger charge is 2.26. The predicted molar refractivity (Wildman–Crippen MR) is 74.3 cm³/mol. The molecule has 0 spiro atoms. The van der Waals surface area contributed by atoms with Crippen LogP contribution in [0.25, 0.3) is 0 Å². The van der Waals surface area contributed by atoms with Gasteiger partial charge in [-0.25, -0.2) is 0 Å². The number of hydrogen-bond donors (Lipinski definition) is 2. The van der Waals surface area contributed by atoms with E-state index < -0.39 is 17.9 Å². The second kappa shape index (κ2) is 6.57. The molecule has 19 heavy (non-hydrogen) atoms. The van der Waals surface area contributed by atoms with Crippen LogP contribution in [0, 0.1) is 5.92 Å². The Hall–Kier alpha value is -1.55. The Balaban J connectivity index is 2.95. The standard InChI is InChI=1S/C14H18ClNO3/c1-8(2)12(10-5-4-6-11(15)7-10)13(17)16-9(3)14(18)19/h4-9,12H,1-3H3,(H,16,17)(H,18,19)/t9-,12?/m1/s1. The number of aliphatic carboxylic acids is 1. The Morgan fingerprint density at radius 3 is 2.37 bits per heavy atom. The Morgan fingerprint density at radius 2 is 1.89 bits per heavy atom. The van der Waals surface area contributed by atoms with E-state index in [-0.39, 0.29) is 11.8 Å². The Morgan fingerprint density at radius 1 is 1.26 bits per heavy atom. The lowest BCUT2D eigenvalue weighted by Crippen LogP contribution is -2.42. The topological polar surface area (TPSA) is 66.4 Å². The van der Waals surface area contributed by atoms with E-state index in [1.807, 2.05) is 19.9 Å². The molecular formula is C14H18ClNO3. The summed E-state index contributed by atoms with van der Waals surface area (Å²) in [6, 6.07) is 6.16. The summed E-state index contributed by atoms with van der Waals surface area (Å²) in [5.41, 5.74) is 0.789. The molecule has 1 aromatic carbocycles. The highest BCUT2D eigenvalue weighted by atomic mass is 35.5. The molecule has 0 aliphatic rings. The monoisotopic (exact) mass is 283 g/mol. The molecule has 0 saturated heterocycles. The van der Waals surface area contributed by atoms with Crippen molar-refractivity contribution in [3.8, 4) is 0 Å². The smallest absolute Gasteiger partial charge is 0.325 e. The van der Waals surface area contributed by atoms with E-state index in [2.05, 4.69) is 5.32 Å². The molecule has 1 aromatic rings. The average Bonchev–Trinajstić information content (AvgIpc) is 2.28. The number of nitrogens with one attached hydrogen (secondary N) is 1. The molecule has 0 radical (unpaired) electrons. The molecule has 0 aliphatic carbocycles. The SMILES string of the molecule is CC(C)C(C(=O)N[C@H](C)C(=O)O)c1cccc(Cl)c1. The number of hydrogen-bond acceptors (Lipinski definition) is 2. The van der Waals surface area contributed by atoms with E-state index in [1.165, 1.54) is 6.92 Å². The normalized spacial score (nSPS) is 13.9. The van der Waals surface area contributed by atoms with Crippen molar-refractivity contribution >= 4 is 23.5 Å². The highest BCUT2D eigenvalue weighted by molar-refractivity contribution is 6.30. The molecule has 5 heteroatoms. The molecule has 0 fully saturated rings. The van der Waals surface area contributed by atoms with E-state index in [4.69, 9.17) is 16.7 Å². The average molecular weight is 284 g/mol. The van der Waals surface area contributed by atoms with Crippen LogP contribution in [0.4, 0.5) is 0 Å². The number of carbonyl (C=O) groups excluding carboxylic acids is 1. The Bertz CT molecular complexity index is 474. The van der Waals surface area contributed by atoms with Gasteiger partial charge in [0, 0.05) is 5.02 Å². The number of benzene rings is 1. The summed E-state index contributed by atoms with van der Waals surface area (Å²) in [5, 5.41) is 11.9. The first-order valence-corrected chi connectivity index (χ1v) is 6.49. The zero-order chi connectivity index (χ0) is 14.6. The van der Waals surface area contributed by atoms with Crippen molar-refractivity contribution in [2.75, 3.05) is 0 Å². The van der Waals surface area contributed by atoms with Crippen LogP contribution in [0.15, 0.2) is 24.3 Å². The maximum Gasteiger partial charge on any atom is 0.325 e. The lowest BCUT2D eigenvalue weighted by molar-refractivity contribution is -0.141. The zero-order valence-corrected chi connectivity index (χ0v) is 11.9. The minimum absolute atomic E-state index is 0.0412. The molecule has 0 heterocycles. The fourth-order valence-corrected chi connectivity index (χ4v) is 2.10. The van der Waals surface area contributed by atoms with Crippen molar-refractivity contribution in [1.82, 2.24) is 5.32 Å². The van der Waals surface area contributed by atoms with Crippen molar-refractivity contribution in [1.29, 1.82) is 0 Å². The summed E-state index contributed by atoms with van der Waals surface area (Å²) in [7, 11) is 0. The van der Waals surface area contributed by atoms with Crippen LogP contribution in [0.2, 0.25) is 5.02 Å². The van der Waals surface area contributed by atoms with E-state index in [1.54, 1.807) is 18.2 Å². The van der Waals surface area contributed by atoms with Crippen molar-refractivity contribution < 1.29 is 14.7 Å². The predicted octanol–water partition coefficient (Wildman–Crippen LogP) is 2.67. The highest BCUT2D eigenvalue weighted by Crippen LogP contribution is 2.26. The molecule has 1 amide bonds. The number of carboxylic acid groups (broad SMARTS) is 1. The van der Waals surface area contributed by atoms with Crippen LogP contribution in [0.5, 0.6) is 0 Å². The van der Waals surface area contributed by atoms with E-state index in [0.717, 1.165) is 5.56 Å². The first-order chi connectivity index (χ1) is 8.82. The molecular weight excluding hydrogens is 266 g/mol. The lowest BCUT2D eigenvalue weighted by atomic mass is 9.87.